The van der Waals surface area contributed by atoms with Crippen molar-refractivity contribution in [2.75, 3.05) is 6.54 Å². The third-order valence-corrected chi connectivity index (χ3v) is 5.14. The monoisotopic (exact) mass is 267 g/mol. The van der Waals surface area contributed by atoms with Crippen LogP contribution in [0.3, 0.4) is 0 Å². The Labute approximate surface area is 117 Å². The van der Waals surface area contributed by atoms with E-state index in [1.54, 1.807) is 0 Å². The number of hydrogen-bond acceptors (Lipinski definition) is 2. The maximum atomic E-state index is 12.5. The molecule has 3 heteroatoms. The summed E-state index contributed by atoms with van der Waals surface area (Å²) in [6, 6.07) is 0.297. The molecule has 1 saturated heterocycles. The summed E-state index contributed by atoms with van der Waals surface area (Å²) in [6.07, 6.45) is 8.51. The molecule has 0 spiro atoms. The summed E-state index contributed by atoms with van der Waals surface area (Å²) in [5, 5.41) is 10.3. The summed E-state index contributed by atoms with van der Waals surface area (Å²) in [7, 11) is 0. The molecule has 1 amide bonds. The van der Waals surface area contributed by atoms with Crippen LogP contribution in [-0.2, 0) is 4.79 Å². The maximum Gasteiger partial charge on any atom is 0.225 e. The first-order chi connectivity index (χ1) is 9.15. The van der Waals surface area contributed by atoms with Gasteiger partial charge >= 0.3 is 0 Å². The molecule has 0 aromatic heterocycles. The molecule has 1 aliphatic carbocycles. The Morgan fingerprint density at radius 3 is 2.58 bits per heavy atom. The molecule has 0 aromatic rings. The van der Waals surface area contributed by atoms with Gasteiger partial charge in [-0.2, -0.15) is 0 Å². The molecule has 110 valence electrons. The first-order valence-electron chi connectivity index (χ1n) is 8.13. The summed E-state index contributed by atoms with van der Waals surface area (Å²) >= 11 is 0. The second-order valence-electron chi connectivity index (χ2n) is 6.42. The number of likely N-dealkylation sites (tertiary alicyclic amines) is 1. The normalized spacial score (nSPS) is 34.1. The fraction of sp³-hybridized carbons (Fsp3) is 0.938. The molecule has 1 saturated carbocycles. The number of hydrogen-bond donors (Lipinski definition) is 1. The van der Waals surface area contributed by atoms with Crippen molar-refractivity contribution >= 4 is 5.91 Å². The zero-order chi connectivity index (χ0) is 13.8. The average Bonchev–Trinajstić information content (AvgIpc) is 2.46. The summed E-state index contributed by atoms with van der Waals surface area (Å²) in [5.74, 6) is 0.758. The number of aliphatic hydroxyl groups is 1. The first-order valence-corrected chi connectivity index (χ1v) is 8.13. The minimum Gasteiger partial charge on any atom is -0.393 e. The summed E-state index contributed by atoms with van der Waals surface area (Å²) in [5.41, 5.74) is 0. The van der Waals surface area contributed by atoms with Crippen LogP contribution in [0.2, 0.25) is 0 Å². The van der Waals surface area contributed by atoms with Gasteiger partial charge in [0.25, 0.3) is 0 Å². The van der Waals surface area contributed by atoms with Crippen LogP contribution in [0.15, 0.2) is 0 Å². The molecular formula is C16H29NO2. The highest BCUT2D eigenvalue weighted by atomic mass is 16.3. The Bertz CT molecular complexity index is 305. The minimum absolute atomic E-state index is 0.126. The summed E-state index contributed by atoms with van der Waals surface area (Å²) < 4.78 is 0. The molecule has 2 rings (SSSR count). The van der Waals surface area contributed by atoms with Crippen LogP contribution in [0.5, 0.6) is 0 Å². The zero-order valence-electron chi connectivity index (χ0n) is 12.5. The average molecular weight is 267 g/mol. The summed E-state index contributed by atoms with van der Waals surface area (Å²) in [4.78, 5) is 14.6. The van der Waals surface area contributed by atoms with Crippen molar-refractivity contribution in [3.05, 3.63) is 0 Å². The van der Waals surface area contributed by atoms with Gasteiger partial charge in [-0.3, -0.25) is 4.79 Å². The molecule has 1 aliphatic heterocycles. The largest absolute Gasteiger partial charge is 0.393 e. The van der Waals surface area contributed by atoms with Crippen molar-refractivity contribution < 1.29 is 9.90 Å². The molecule has 3 nitrogen and oxygen atoms in total. The highest BCUT2D eigenvalue weighted by Crippen LogP contribution is 2.34. The Balaban J connectivity index is 2.08. The van der Waals surface area contributed by atoms with Crippen molar-refractivity contribution in [1.82, 2.24) is 4.90 Å². The van der Waals surface area contributed by atoms with Crippen LogP contribution in [0.1, 0.15) is 65.2 Å². The Morgan fingerprint density at radius 1 is 1.21 bits per heavy atom. The van der Waals surface area contributed by atoms with E-state index in [0.717, 1.165) is 45.1 Å². The molecule has 4 unspecified atom stereocenters. The van der Waals surface area contributed by atoms with E-state index < -0.39 is 0 Å². The summed E-state index contributed by atoms with van der Waals surface area (Å²) in [6.45, 7) is 5.01. The standard InChI is InChI=1S/C16H29NO2/c1-3-12(2)16(19)17-11-7-6-9-14(17)13-8-4-5-10-15(13)18/h12-15,18H,3-11H2,1-2H3. The lowest BCUT2D eigenvalue weighted by atomic mass is 9.77. The van der Waals surface area contributed by atoms with Gasteiger partial charge < -0.3 is 10.0 Å². The lowest BCUT2D eigenvalue weighted by Crippen LogP contribution is -2.52. The number of amides is 1. The third-order valence-electron chi connectivity index (χ3n) is 5.14. The fourth-order valence-electron chi connectivity index (χ4n) is 3.72. The number of rotatable bonds is 3. The Hall–Kier alpha value is -0.570. The lowest BCUT2D eigenvalue weighted by molar-refractivity contribution is -0.142. The van der Waals surface area contributed by atoms with Crippen LogP contribution >= 0.6 is 0 Å². The Kier molecular flexibility index (Phi) is 5.26. The van der Waals surface area contributed by atoms with E-state index >= 15 is 0 Å². The lowest BCUT2D eigenvalue weighted by Gasteiger charge is -2.44. The van der Waals surface area contributed by atoms with Gasteiger partial charge in [0, 0.05) is 24.4 Å². The van der Waals surface area contributed by atoms with Gasteiger partial charge in [0.1, 0.15) is 0 Å². The molecule has 1 heterocycles. The van der Waals surface area contributed by atoms with Crippen molar-refractivity contribution in [3.63, 3.8) is 0 Å². The Morgan fingerprint density at radius 2 is 1.89 bits per heavy atom. The predicted octanol–water partition coefficient (Wildman–Crippen LogP) is 2.96. The van der Waals surface area contributed by atoms with Crippen molar-refractivity contribution in [1.29, 1.82) is 0 Å². The fourth-order valence-corrected chi connectivity index (χ4v) is 3.72. The molecular weight excluding hydrogens is 238 g/mol. The molecule has 2 fully saturated rings. The van der Waals surface area contributed by atoms with E-state index in [0.29, 0.717) is 17.9 Å². The van der Waals surface area contributed by atoms with E-state index in [1.807, 2.05) is 6.92 Å². The van der Waals surface area contributed by atoms with E-state index in [4.69, 9.17) is 0 Å². The molecule has 4 atom stereocenters. The highest BCUT2D eigenvalue weighted by molar-refractivity contribution is 5.78. The van der Waals surface area contributed by atoms with Crippen molar-refractivity contribution in [2.45, 2.75) is 77.4 Å². The van der Waals surface area contributed by atoms with Crippen LogP contribution < -0.4 is 0 Å². The van der Waals surface area contributed by atoms with E-state index in [9.17, 15) is 9.90 Å². The molecule has 19 heavy (non-hydrogen) atoms. The minimum atomic E-state index is -0.191. The number of piperidine rings is 1. The SMILES string of the molecule is CCC(C)C(=O)N1CCCCC1C1CCCCC1O. The highest BCUT2D eigenvalue weighted by Gasteiger charge is 2.38. The third kappa shape index (κ3) is 3.31. The molecule has 0 aromatic carbocycles. The van der Waals surface area contributed by atoms with Crippen molar-refractivity contribution in [2.24, 2.45) is 11.8 Å². The number of nitrogens with zero attached hydrogens (tertiary/aromatic N) is 1. The molecule has 2 aliphatic rings. The first kappa shape index (κ1) is 14.8. The second-order valence-corrected chi connectivity index (χ2v) is 6.42. The predicted molar refractivity (Wildman–Crippen MR) is 76.8 cm³/mol. The smallest absolute Gasteiger partial charge is 0.225 e. The van der Waals surface area contributed by atoms with E-state index in [2.05, 4.69) is 11.8 Å². The van der Waals surface area contributed by atoms with Gasteiger partial charge in [-0.05, 0) is 38.5 Å². The number of aliphatic hydroxyl groups excluding tert-OH is 1. The van der Waals surface area contributed by atoms with Crippen molar-refractivity contribution in [3.8, 4) is 0 Å². The van der Waals surface area contributed by atoms with Gasteiger partial charge in [-0.1, -0.05) is 26.7 Å². The van der Waals surface area contributed by atoms with Gasteiger partial charge in [0.15, 0.2) is 0 Å². The zero-order valence-corrected chi connectivity index (χ0v) is 12.5. The molecule has 1 N–H and O–H groups in total. The molecule has 0 radical (unpaired) electrons. The van der Waals surface area contributed by atoms with Crippen LogP contribution in [0, 0.1) is 11.8 Å². The van der Waals surface area contributed by atoms with Crippen LogP contribution in [0.4, 0.5) is 0 Å². The molecule has 0 bridgehead atoms. The number of carbonyl (C=O) groups excluding carboxylic acids is 1. The second kappa shape index (κ2) is 6.74. The number of carbonyl (C=O) groups is 1. The van der Waals surface area contributed by atoms with Gasteiger partial charge in [0.2, 0.25) is 5.91 Å². The van der Waals surface area contributed by atoms with Gasteiger partial charge in [-0.25, -0.2) is 0 Å². The van der Waals surface area contributed by atoms with E-state index in [1.165, 1.54) is 12.8 Å². The van der Waals surface area contributed by atoms with E-state index in [-0.39, 0.29) is 12.0 Å². The van der Waals surface area contributed by atoms with Gasteiger partial charge in [0.05, 0.1) is 6.10 Å². The van der Waals surface area contributed by atoms with Crippen LogP contribution in [0.25, 0.3) is 0 Å². The van der Waals surface area contributed by atoms with Crippen LogP contribution in [-0.4, -0.2) is 34.6 Å². The maximum absolute atomic E-state index is 12.5. The van der Waals surface area contributed by atoms with Gasteiger partial charge in [-0.15, -0.1) is 0 Å². The topological polar surface area (TPSA) is 40.5 Å². The quantitative estimate of drug-likeness (QED) is 0.854.